The van der Waals surface area contributed by atoms with Crippen LogP contribution in [0.15, 0.2) is 24.3 Å². The summed E-state index contributed by atoms with van der Waals surface area (Å²) in [4.78, 5) is 25.6. The summed E-state index contributed by atoms with van der Waals surface area (Å²) in [7, 11) is 1.40. The van der Waals surface area contributed by atoms with E-state index in [1.165, 1.54) is 12.7 Å². The second-order valence-electron chi connectivity index (χ2n) is 6.88. The number of ether oxygens (including phenoxy) is 1. The smallest absolute Gasteiger partial charge is 0.315 e. The fourth-order valence-electron chi connectivity index (χ4n) is 2.59. The van der Waals surface area contributed by atoms with E-state index in [1.54, 1.807) is 11.8 Å². The molecule has 5 heteroatoms. The monoisotopic (exact) mass is 335 g/mol. The number of amides is 1. The fraction of sp³-hybridized carbons (Fsp3) is 0.556. The van der Waals surface area contributed by atoms with Crippen molar-refractivity contribution < 1.29 is 14.3 Å². The highest BCUT2D eigenvalue weighted by atomic mass is 32.2. The molecule has 1 aromatic carbocycles. The number of esters is 1. The summed E-state index contributed by atoms with van der Waals surface area (Å²) in [6, 6.07) is 7.90. The second-order valence-corrected chi connectivity index (χ2v) is 8.17. The molecule has 4 nitrogen and oxygen atoms in total. The van der Waals surface area contributed by atoms with Crippen molar-refractivity contribution in [2.24, 2.45) is 0 Å². The minimum Gasteiger partial charge on any atom is -0.468 e. The van der Waals surface area contributed by atoms with Crippen molar-refractivity contribution in [2.45, 2.75) is 37.9 Å². The summed E-state index contributed by atoms with van der Waals surface area (Å²) in [6.45, 7) is 7.93. The molecule has 0 radical (unpaired) electrons. The Balaban J connectivity index is 1.93. The molecule has 1 amide bonds. The zero-order valence-corrected chi connectivity index (χ0v) is 15.1. The summed E-state index contributed by atoms with van der Waals surface area (Å²) >= 11 is 1.57. The number of hydrogen-bond acceptors (Lipinski definition) is 4. The predicted octanol–water partition coefficient (Wildman–Crippen LogP) is 3.10. The van der Waals surface area contributed by atoms with Crippen LogP contribution in [0, 0.1) is 0 Å². The molecule has 1 atom stereocenters. The minimum atomic E-state index is -0.211. The van der Waals surface area contributed by atoms with Crippen molar-refractivity contribution in [3.8, 4) is 0 Å². The van der Waals surface area contributed by atoms with Gasteiger partial charge in [-0.2, -0.15) is 0 Å². The number of rotatable bonds is 4. The molecule has 2 rings (SSSR count). The Morgan fingerprint density at radius 1 is 1.26 bits per heavy atom. The first-order valence-electron chi connectivity index (χ1n) is 7.89. The first-order valence-corrected chi connectivity index (χ1v) is 8.94. The SMILES string of the molecule is COC(=O)CS[C@H]1CCN(C(=O)c2ccc(C(C)(C)C)cc2)C1. The van der Waals surface area contributed by atoms with Crippen molar-refractivity contribution in [3.05, 3.63) is 35.4 Å². The lowest BCUT2D eigenvalue weighted by molar-refractivity contribution is -0.137. The highest BCUT2D eigenvalue weighted by molar-refractivity contribution is 8.00. The molecule has 1 aliphatic heterocycles. The van der Waals surface area contributed by atoms with Gasteiger partial charge >= 0.3 is 5.97 Å². The molecule has 1 aromatic rings. The molecule has 1 fully saturated rings. The van der Waals surface area contributed by atoms with Gasteiger partial charge in [0, 0.05) is 23.9 Å². The van der Waals surface area contributed by atoms with Crippen molar-refractivity contribution in [1.82, 2.24) is 4.90 Å². The third-order valence-corrected chi connectivity index (χ3v) is 5.35. The van der Waals surface area contributed by atoms with E-state index in [9.17, 15) is 9.59 Å². The summed E-state index contributed by atoms with van der Waals surface area (Å²) < 4.78 is 4.65. The third kappa shape index (κ3) is 4.74. The Hall–Kier alpha value is -1.49. The zero-order valence-electron chi connectivity index (χ0n) is 14.3. The standard InChI is InChI=1S/C18H25NO3S/c1-18(2,3)14-7-5-13(6-8-14)17(21)19-10-9-15(11-19)23-12-16(20)22-4/h5-8,15H,9-12H2,1-4H3/t15-/m0/s1. The van der Waals surface area contributed by atoms with Crippen molar-refractivity contribution in [3.63, 3.8) is 0 Å². The third-order valence-electron chi connectivity index (χ3n) is 4.09. The van der Waals surface area contributed by atoms with Crippen molar-refractivity contribution >= 4 is 23.6 Å². The van der Waals surface area contributed by atoms with E-state index in [0.717, 1.165) is 18.5 Å². The largest absolute Gasteiger partial charge is 0.468 e. The average Bonchev–Trinajstić information content (AvgIpc) is 3.00. The van der Waals surface area contributed by atoms with Crippen LogP contribution in [0.4, 0.5) is 0 Å². The van der Waals surface area contributed by atoms with E-state index >= 15 is 0 Å². The van der Waals surface area contributed by atoms with Crippen LogP contribution in [-0.4, -0.2) is 48.0 Å². The number of nitrogens with zero attached hydrogens (tertiary/aromatic N) is 1. The normalized spacial score (nSPS) is 18.1. The Morgan fingerprint density at radius 3 is 2.48 bits per heavy atom. The molecule has 1 heterocycles. The molecule has 1 aliphatic rings. The van der Waals surface area contributed by atoms with E-state index in [-0.39, 0.29) is 17.3 Å². The molecular formula is C18H25NO3S. The summed E-state index contributed by atoms with van der Waals surface area (Å²) in [5.41, 5.74) is 2.05. The van der Waals surface area contributed by atoms with Crippen LogP contribution in [0.3, 0.4) is 0 Å². The Bertz CT molecular complexity index is 563. The summed E-state index contributed by atoms with van der Waals surface area (Å²) in [5, 5.41) is 0.312. The molecule has 0 aromatic heterocycles. The van der Waals surface area contributed by atoms with Crippen LogP contribution < -0.4 is 0 Å². The van der Waals surface area contributed by atoms with Gasteiger partial charge in [0.1, 0.15) is 0 Å². The van der Waals surface area contributed by atoms with E-state index in [2.05, 4.69) is 25.5 Å². The van der Waals surface area contributed by atoms with Crippen molar-refractivity contribution in [2.75, 3.05) is 26.0 Å². The number of carbonyl (C=O) groups is 2. The predicted molar refractivity (Wildman–Crippen MR) is 93.9 cm³/mol. The van der Waals surface area contributed by atoms with Gasteiger partial charge in [0.15, 0.2) is 0 Å². The summed E-state index contributed by atoms with van der Waals surface area (Å²) in [6.07, 6.45) is 0.924. The molecule has 0 aliphatic carbocycles. The number of methoxy groups -OCH3 is 1. The highest BCUT2D eigenvalue weighted by Gasteiger charge is 2.28. The molecular weight excluding hydrogens is 310 g/mol. The van der Waals surface area contributed by atoms with Gasteiger partial charge in [0.25, 0.3) is 5.91 Å². The van der Waals surface area contributed by atoms with E-state index in [0.29, 0.717) is 17.5 Å². The number of benzene rings is 1. The first kappa shape index (κ1) is 17.9. The molecule has 0 unspecified atom stereocenters. The second kappa shape index (κ2) is 7.39. The van der Waals surface area contributed by atoms with E-state index in [1.807, 2.05) is 29.2 Å². The van der Waals surface area contributed by atoms with Gasteiger partial charge in [-0.3, -0.25) is 9.59 Å². The maximum Gasteiger partial charge on any atom is 0.315 e. The lowest BCUT2D eigenvalue weighted by Crippen LogP contribution is -2.29. The molecule has 0 saturated carbocycles. The summed E-state index contributed by atoms with van der Waals surface area (Å²) in [5.74, 6) is 0.216. The topological polar surface area (TPSA) is 46.6 Å². The van der Waals surface area contributed by atoms with Gasteiger partial charge < -0.3 is 9.64 Å². The van der Waals surface area contributed by atoms with Gasteiger partial charge in [0.05, 0.1) is 12.9 Å². The van der Waals surface area contributed by atoms with Crippen molar-refractivity contribution in [1.29, 1.82) is 0 Å². The Morgan fingerprint density at radius 2 is 1.91 bits per heavy atom. The van der Waals surface area contributed by atoms with Gasteiger partial charge in [-0.25, -0.2) is 0 Å². The van der Waals surface area contributed by atoms with Crippen LogP contribution in [0.1, 0.15) is 43.1 Å². The van der Waals surface area contributed by atoms with Gasteiger partial charge in [-0.1, -0.05) is 32.9 Å². The van der Waals surface area contributed by atoms with Crippen LogP contribution in [0.5, 0.6) is 0 Å². The molecule has 126 valence electrons. The van der Waals surface area contributed by atoms with Crippen LogP contribution >= 0.6 is 11.8 Å². The molecule has 1 saturated heterocycles. The van der Waals surface area contributed by atoms with Gasteiger partial charge in [-0.15, -0.1) is 11.8 Å². The number of carbonyl (C=O) groups excluding carboxylic acids is 2. The molecule has 0 N–H and O–H groups in total. The molecule has 23 heavy (non-hydrogen) atoms. The fourth-order valence-corrected chi connectivity index (χ4v) is 3.64. The van der Waals surface area contributed by atoms with Gasteiger partial charge in [-0.05, 0) is 29.5 Å². The highest BCUT2D eigenvalue weighted by Crippen LogP contribution is 2.26. The first-order chi connectivity index (χ1) is 10.8. The van der Waals surface area contributed by atoms with Crippen LogP contribution in [0.2, 0.25) is 0 Å². The molecule has 0 spiro atoms. The maximum atomic E-state index is 12.6. The zero-order chi connectivity index (χ0) is 17.0. The molecule has 0 bridgehead atoms. The van der Waals surface area contributed by atoms with Gasteiger partial charge in [0.2, 0.25) is 0 Å². The lowest BCUT2D eigenvalue weighted by atomic mass is 9.86. The van der Waals surface area contributed by atoms with Crippen LogP contribution in [-0.2, 0) is 14.9 Å². The minimum absolute atomic E-state index is 0.0756. The van der Waals surface area contributed by atoms with Crippen LogP contribution in [0.25, 0.3) is 0 Å². The van der Waals surface area contributed by atoms with E-state index < -0.39 is 0 Å². The quantitative estimate of drug-likeness (QED) is 0.793. The van der Waals surface area contributed by atoms with E-state index in [4.69, 9.17) is 0 Å². The number of thioether (sulfide) groups is 1. The average molecular weight is 335 g/mol. The number of likely N-dealkylation sites (tertiary alicyclic amines) is 1. The Kier molecular flexibility index (Phi) is 5.74. The Labute approximate surface area is 142 Å². The maximum absolute atomic E-state index is 12.6. The number of hydrogen-bond donors (Lipinski definition) is 0. The lowest BCUT2D eigenvalue weighted by Gasteiger charge is -2.20.